The normalized spacial score (nSPS) is 14.4. The van der Waals surface area contributed by atoms with Gasteiger partial charge in [0, 0.05) is 13.1 Å². The van der Waals surface area contributed by atoms with Crippen molar-refractivity contribution in [3.05, 3.63) is 108 Å². The molecule has 3 heteroatoms. The average Bonchev–Trinajstić information content (AvgIpc) is 2.64. The van der Waals surface area contributed by atoms with Crippen LogP contribution >= 0.6 is 12.4 Å². The lowest BCUT2D eigenvalue weighted by atomic mass is 9.79. The Balaban J connectivity index is 0.00000182. The molecule has 1 N–H and O–H groups in total. The smallest absolute Gasteiger partial charge is 0.144 e. The number of rotatable bonds is 5. The fourth-order valence-corrected chi connectivity index (χ4v) is 3.32. The van der Waals surface area contributed by atoms with Gasteiger partial charge in [0.2, 0.25) is 0 Å². The van der Waals surface area contributed by atoms with E-state index in [1.165, 1.54) is 0 Å². The van der Waals surface area contributed by atoms with Gasteiger partial charge in [-0.3, -0.25) is 0 Å². The molecule has 1 saturated heterocycles. The van der Waals surface area contributed by atoms with Gasteiger partial charge in [0.1, 0.15) is 5.60 Å². The molecule has 0 radical (unpaired) electrons. The minimum atomic E-state index is -0.587. The molecule has 3 aromatic carbocycles. The van der Waals surface area contributed by atoms with Crippen molar-refractivity contribution in [2.75, 3.05) is 13.1 Å². The number of halogens is 1. The van der Waals surface area contributed by atoms with Gasteiger partial charge in [0.05, 0.1) is 6.10 Å². The van der Waals surface area contributed by atoms with Crippen LogP contribution in [0.4, 0.5) is 0 Å². The quantitative estimate of drug-likeness (QED) is 0.688. The van der Waals surface area contributed by atoms with E-state index in [-0.39, 0.29) is 18.5 Å². The Hall–Kier alpha value is -2.13. The zero-order chi connectivity index (χ0) is 16.2. The molecule has 3 aromatic rings. The van der Waals surface area contributed by atoms with Crippen LogP contribution in [0.15, 0.2) is 91.0 Å². The van der Waals surface area contributed by atoms with Crippen LogP contribution in [-0.2, 0) is 10.3 Å². The molecule has 2 nitrogen and oxygen atoms in total. The number of hydrogen-bond donors (Lipinski definition) is 1. The monoisotopic (exact) mass is 351 g/mol. The van der Waals surface area contributed by atoms with Crippen LogP contribution in [0, 0.1) is 0 Å². The van der Waals surface area contributed by atoms with Crippen LogP contribution in [0.5, 0.6) is 0 Å². The fraction of sp³-hybridized carbons (Fsp3) is 0.182. The first kappa shape index (κ1) is 17.7. The van der Waals surface area contributed by atoms with E-state index in [0.29, 0.717) is 0 Å². The number of hydrogen-bond acceptors (Lipinski definition) is 2. The lowest BCUT2D eigenvalue weighted by Gasteiger charge is -2.41. The molecule has 128 valence electrons. The van der Waals surface area contributed by atoms with Crippen molar-refractivity contribution < 1.29 is 4.74 Å². The maximum atomic E-state index is 6.77. The summed E-state index contributed by atoms with van der Waals surface area (Å²) in [6.07, 6.45) is 0.214. The molecule has 0 unspecified atom stereocenters. The molecule has 0 saturated carbocycles. The van der Waals surface area contributed by atoms with Crippen molar-refractivity contribution >= 4 is 12.4 Å². The molecule has 0 spiro atoms. The fourth-order valence-electron chi connectivity index (χ4n) is 3.32. The van der Waals surface area contributed by atoms with Crippen molar-refractivity contribution in [1.29, 1.82) is 0 Å². The zero-order valence-electron chi connectivity index (χ0n) is 14.0. The van der Waals surface area contributed by atoms with Gasteiger partial charge in [-0.2, -0.15) is 0 Å². The Kier molecular flexibility index (Phi) is 5.54. The van der Waals surface area contributed by atoms with Gasteiger partial charge in [0.15, 0.2) is 0 Å². The highest BCUT2D eigenvalue weighted by atomic mass is 35.5. The topological polar surface area (TPSA) is 21.3 Å². The van der Waals surface area contributed by atoms with E-state index in [1.807, 2.05) is 0 Å². The highest BCUT2D eigenvalue weighted by Gasteiger charge is 2.40. The molecular weight excluding hydrogens is 330 g/mol. The molecule has 0 aromatic heterocycles. The van der Waals surface area contributed by atoms with Gasteiger partial charge in [-0.05, 0) is 16.7 Å². The van der Waals surface area contributed by atoms with Crippen LogP contribution in [0.2, 0.25) is 0 Å². The van der Waals surface area contributed by atoms with Crippen molar-refractivity contribution in [3.8, 4) is 0 Å². The molecule has 1 aliphatic rings. The molecule has 0 amide bonds. The van der Waals surface area contributed by atoms with Crippen LogP contribution in [0.3, 0.4) is 0 Å². The molecule has 0 aliphatic carbocycles. The molecule has 4 rings (SSSR count). The van der Waals surface area contributed by atoms with Crippen molar-refractivity contribution in [2.24, 2.45) is 0 Å². The summed E-state index contributed by atoms with van der Waals surface area (Å²) in [5.41, 5.74) is 2.90. The Labute approximate surface area is 155 Å². The summed E-state index contributed by atoms with van der Waals surface area (Å²) in [7, 11) is 0. The number of benzene rings is 3. The maximum Gasteiger partial charge on any atom is 0.144 e. The van der Waals surface area contributed by atoms with Gasteiger partial charge in [-0.25, -0.2) is 0 Å². The van der Waals surface area contributed by atoms with Crippen LogP contribution < -0.4 is 5.32 Å². The highest BCUT2D eigenvalue weighted by molar-refractivity contribution is 5.85. The largest absolute Gasteiger partial charge is 0.355 e. The van der Waals surface area contributed by atoms with Gasteiger partial charge in [-0.15, -0.1) is 12.4 Å². The van der Waals surface area contributed by atoms with E-state index < -0.39 is 5.60 Å². The lowest BCUT2D eigenvalue weighted by Crippen LogP contribution is -2.53. The van der Waals surface area contributed by atoms with Gasteiger partial charge in [-0.1, -0.05) is 91.0 Å². The van der Waals surface area contributed by atoms with E-state index in [9.17, 15) is 0 Å². The summed E-state index contributed by atoms with van der Waals surface area (Å²) < 4.78 is 6.77. The van der Waals surface area contributed by atoms with E-state index in [4.69, 9.17) is 4.74 Å². The third-order valence-corrected chi connectivity index (χ3v) is 4.63. The van der Waals surface area contributed by atoms with Crippen LogP contribution in [0.25, 0.3) is 0 Å². The molecule has 0 bridgehead atoms. The molecule has 1 aliphatic heterocycles. The van der Waals surface area contributed by atoms with Gasteiger partial charge >= 0.3 is 0 Å². The van der Waals surface area contributed by atoms with E-state index in [0.717, 1.165) is 29.8 Å². The second kappa shape index (κ2) is 7.83. The predicted molar refractivity (Wildman–Crippen MR) is 104 cm³/mol. The maximum absolute atomic E-state index is 6.77. The third kappa shape index (κ3) is 3.34. The lowest BCUT2D eigenvalue weighted by molar-refractivity contribution is -0.0692. The average molecular weight is 352 g/mol. The van der Waals surface area contributed by atoms with E-state index >= 15 is 0 Å². The summed E-state index contributed by atoms with van der Waals surface area (Å²) in [4.78, 5) is 0. The third-order valence-electron chi connectivity index (χ3n) is 4.63. The van der Waals surface area contributed by atoms with Gasteiger partial charge < -0.3 is 10.1 Å². The van der Waals surface area contributed by atoms with E-state index in [2.05, 4.69) is 96.3 Å². The molecule has 1 fully saturated rings. The second-order valence-electron chi connectivity index (χ2n) is 6.18. The van der Waals surface area contributed by atoms with Gasteiger partial charge in [0.25, 0.3) is 0 Å². The van der Waals surface area contributed by atoms with E-state index in [1.54, 1.807) is 0 Å². The minimum Gasteiger partial charge on any atom is -0.355 e. The predicted octanol–water partition coefficient (Wildman–Crippen LogP) is 4.39. The molecular formula is C22H22ClNO. The second-order valence-corrected chi connectivity index (χ2v) is 6.18. The first-order valence-corrected chi connectivity index (χ1v) is 8.45. The standard InChI is InChI=1S/C22H21NO.ClH/c1-4-10-18(11-5-1)22(24-21-16-23-17-21,19-12-6-2-7-13-19)20-14-8-3-9-15-20;/h1-15,21,23H,16-17H2;1H. The summed E-state index contributed by atoms with van der Waals surface area (Å²) >= 11 is 0. The highest BCUT2D eigenvalue weighted by Crippen LogP contribution is 2.41. The molecule has 1 heterocycles. The summed E-state index contributed by atoms with van der Waals surface area (Å²) in [5, 5.41) is 3.31. The summed E-state index contributed by atoms with van der Waals surface area (Å²) in [6, 6.07) is 31.6. The van der Waals surface area contributed by atoms with Crippen molar-refractivity contribution in [2.45, 2.75) is 11.7 Å². The Morgan fingerprint density at radius 2 is 1.00 bits per heavy atom. The Morgan fingerprint density at radius 3 is 1.28 bits per heavy atom. The molecule has 0 atom stereocenters. The Morgan fingerprint density at radius 1 is 0.640 bits per heavy atom. The van der Waals surface area contributed by atoms with Crippen molar-refractivity contribution in [3.63, 3.8) is 0 Å². The summed E-state index contributed by atoms with van der Waals surface area (Å²) in [5.74, 6) is 0. The zero-order valence-corrected chi connectivity index (χ0v) is 14.8. The summed E-state index contributed by atoms with van der Waals surface area (Å²) in [6.45, 7) is 1.79. The molecule has 25 heavy (non-hydrogen) atoms. The first-order valence-electron chi connectivity index (χ1n) is 8.45. The first-order chi connectivity index (χ1) is 11.9. The van der Waals surface area contributed by atoms with Crippen LogP contribution in [-0.4, -0.2) is 19.2 Å². The minimum absolute atomic E-state index is 0. The van der Waals surface area contributed by atoms with Crippen LogP contribution in [0.1, 0.15) is 16.7 Å². The number of ether oxygens (including phenoxy) is 1. The SMILES string of the molecule is Cl.c1ccc(C(OC2CNC2)(c2ccccc2)c2ccccc2)cc1. The Bertz CT molecular complexity index is 676. The number of nitrogens with one attached hydrogen (secondary N) is 1. The van der Waals surface area contributed by atoms with Crippen molar-refractivity contribution in [1.82, 2.24) is 5.32 Å².